The number of ketones is 1. The summed E-state index contributed by atoms with van der Waals surface area (Å²) < 4.78 is 9.96. The number of Topliss-reactive ketones (excluding diaryl/α,β-unsaturated/α-hetero) is 1. The maximum absolute atomic E-state index is 11.4. The van der Waals surface area contributed by atoms with E-state index in [1.165, 1.54) is 13.0 Å². The lowest BCUT2D eigenvalue weighted by Gasteiger charge is -2.02. The molecule has 0 saturated carbocycles. The highest BCUT2D eigenvalue weighted by Crippen LogP contribution is 2.26. The third-order valence-electron chi connectivity index (χ3n) is 2.20. The van der Waals surface area contributed by atoms with Gasteiger partial charge < -0.3 is 8.25 Å². The zero-order valence-electron chi connectivity index (χ0n) is 8.32. The second-order valence-electron chi connectivity index (χ2n) is 3.25. The fourth-order valence-electron chi connectivity index (χ4n) is 1.43. The highest BCUT2D eigenvalue weighted by atomic mass is 79.9. The van der Waals surface area contributed by atoms with Gasteiger partial charge in [0.15, 0.2) is 22.0 Å². The summed E-state index contributed by atoms with van der Waals surface area (Å²) in [5, 5.41) is 0.573. The Hall–Kier alpha value is -1.62. The van der Waals surface area contributed by atoms with Crippen LogP contribution in [0.5, 0.6) is 5.75 Å². The van der Waals surface area contributed by atoms with E-state index >= 15 is 0 Å². The van der Waals surface area contributed by atoms with Crippen LogP contribution in [-0.2, 0) is 0 Å². The van der Waals surface area contributed by atoms with Gasteiger partial charge in [-0.2, -0.15) is 0 Å². The molecule has 0 aliphatic rings. The molecule has 0 bridgehead atoms. The van der Waals surface area contributed by atoms with Crippen molar-refractivity contribution < 1.29 is 13.0 Å². The monoisotopic (exact) mass is 282 g/mol. The van der Waals surface area contributed by atoms with Crippen LogP contribution < -0.4 is 9.45 Å². The van der Waals surface area contributed by atoms with Crippen molar-refractivity contribution in [1.29, 1.82) is 0 Å². The Morgan fingerprint density at radius 3 is 2.81 bits per heavy atom. The molecule has 1 heterocycles. The first kappa shape index (κ1) is 10.9. The van der Waals surface area contributed by atoms with Crippen LogP contribution in [0.3, 0.4) is 0 Å². The lowest BCUT2D eigenvalue weighted by molar-refractivity contribution is 0.101. The van der Waals surface area contributed by atoms with E-state index in [1.54, 1.807) is 18.2 Å². The summed E-state index contributed by atoms with van der Waals surface area (Å²) in [4.78, 5) is 22.6. The topological polar surface area (TPSA) is 56.5 Å². The van der Waals surface area contributed by atoms with Crippen molar-refractivity contribution in [3.8, 4) is 5.75 Å². The number of fused-ring (bicyclic) bond motifs is 1. The quantitative estimate of drug-likeness (QED) is 0.628. The predicted octanol–water partition coefficient (Wildman–Crippen LogP) is 2.68. The van der Waals surface area contributed by atoms with Gasteiger partial charge in [-0.3, -0.25) is 4.79 Å². The third kappa shape index (κ3) is 1.74. The van der Waals surface area contributed by atoms with E-state index < -0.39 is 5.63 Å². The second-order valence-corrected chi connectivity index (χ2v) is 3.57. The molecule has 16 heavy (non-hydrogen) atoms. The molecule has 82 valence electrons. The van der Waals surface area contributed by atoms with Crippen LogP contribution in [-0.4, -0.2) is 5.78 Å². The average Bonchev–Trinajstić information content (AvgIpc) is 2.26. The number of carbonyl (C=O) groups excluding carboxylic acids is 1. The summed E-state index contributed by atoms with van der Waals surface area (Å²) in [6.07, 6.45) is 0. The van der Waals surface area contributed by atoms with E-state index in [4.69, 9.17) is 8.25 Å². The zero-order chi connectivity index (χ0) is 11.7. The standard InChI is InChI=1S/C11H7BrO4/c1-6(13)7-5-8-9(15-11(7)14)3-2-4-10(8)16-12/h2-5H,1H3. The van der Waals surface area contributed by atoms with Crippen LogP contribution >= 0.6 is 16.3 Å². The number of halogens is 1. The Balaban J connectivity index is 2.85. The normalized spacial score (nSPS) is 10.4. The SMILES string of the molecule is CC(=O)c1cc2c(OBr)cccc2oc1=O. The molecular formula is C11H7BrO4. The number of hydrogen-bond acceptors (Lipinski definition) is 4. The second kappa shape index (κ2) is 4.09. The summed E-state index contributed by atoms with van der Waals surface area (Å²) in [6.45, 7) is 1.32. The van der Waals surface area contributed by atoms with E-state index in [-0.39, 0.29) is 11.3 Å². The van der Waals surface area contributed by atoms with E-state index in [0.29, 0.717) is 16.7 Å². The van der Waals surface area contributed by atoms with Crippen LogP contribution in [0.25, 0.3) is 11.0 Å². The zero-order valence-corrected chi connectivity index (χ0v) is 9.91. The van der Waals surface area contributed by atoms with Gasteiger partial charge in [0.05, 0.1) is 5.39 Å². The van der Waals surface area contributed by atoms with Crippen LogP contribution in [0.2, 0.25) is 0 Å². The fraction of sp³-hybridized carbons (Fsp3) is 0.0909. The molecule has 5 heteroatoms. The fourth-order valence-corrected chi connectivity index (χ4v) is 1.71. The average molecular weight is 283 g/mol. The first-order valence-electron chi connectivity index (χ1n) is 4.50. The summed E-state index contributed by atoms with van der Waals surface area (Å²) in [5.41, 5.74) is -0.233. The van der Waals surface area contributed by atoms with Crippen molar-refractivity contribution in [1.82, 2.24) is 0 Å². The van der Waals surface area contributed by atoms with E-state index in [9.17, 15) is 9.59 Å². The lowest BCUT2D eigenvalue weighted by atomic mass is 10.1. The molecule has 1 aromatic carbocycles. The maximum Gasteiger partial charge on any atom is 0.347 e. The van der Waals surface area contributed by atoms with E-state index in [0.717, 1.165) is 0 Å². The van der Waals surface area contributed by atoms with Crippen molar-refractivity contribution in [3.05, 3.63) is 40.2 Å². The number of rotatable bonds is 2. The molecule has 0 aliphatic carbocycles. The van der Waals surface area contributed by atoms with Crippen molar-refractivity contribution >= 4 is 33.0 Å². The van der Waals surface area contributed by atoms with Crippen LogP contribution in [0, 0.1) is 0 Å². The molecular weight excluding hydrogens is 276 g/mol. The van der Waals surface area contributed by atoms with Crippen molar-refractivity contribution in [2.75, 3.05) is 0 Å². The highest BCUT2D eigenvalue weighted by Gasteiger charge is 2.11. The highest BCUT2D eigenvalue weighted by molar-refractivity contribution is 9.06. The van der Waals surface area contributed by atoms with Gasteiger partial charge in [0.1, 0.15) is 16.9 Å². The molecule has 4 nitrogen and oxygen atoms in total. The van der Waals surface area contributed by atoms with Crippen LogP contribution in [0.15, 0.2) is 33.5 Å². The minimum absolute atomic E-state index is 0.0181. The van der Waals surface area contributed by atoms with Gasteiger partial charge in [0.2, 0.25) is 0 Å². The summed E-state index contributed by atoms with van der Waals surface area (Å²) >= 11 is 2.85. The minimum Gasteiger partial charge on any atom is -0.422 e. The van der Waals surface area contributed by atoms with E-state index in [1.807, 2.05) is 0 Å². The lowest BCUT2D eigenvalue weighted by Crippen LogP contribution is -2.11. The molecule has 0 amide bonds. The molecule has 0 saturated heterocycles. The van der Waals surface area contributed by atoms with Gasteiger partial charge in [-0.25, -0.2) is 4.79 Å². The van der Waals surface area contributed by atoms with Gasteiger partial charge in [0, 0.05) is 0 Å². The third-order valence-corrected chi connectivity index (χ3v) is 2.55. The minimum atomic E-state index is -0.633. The Bertz CT molecular complexity index is 615. The summed E-state index contributed by atoms with van der Waals surface area (Å²) in [7, 11) is 0. The van der Waals surface area contributed by atoms with Crippen LogP contribution in [0.1, 0.15) is 17.3 Å². The number of carbonyl (C=O) groups is 1. The van der Waals surface area contributed by atoms with Crippen molar-refractivity contribution in [3.63, 3.8) is 0 Å². The smallest absolute Gasteiger partial charge is 0.347 e. The van der Waals surface area contributed by atoms with Gasteiger partial charge in [-0.1, -0.05) is 6.07 Å². The predicted molar refractivity (Wildman–Crippen MR) is 62.0 cm³/mol. The molecule has 2 rings (SSSR count). The molecule has 0 aliphatic heterocycles. The number of benzene rings is 1. The molecule has 0 radical (unpaired) electrons. The number of hydrogen-bond donors (Lipinski definition) is 0. The Morgan fingerprint density at radius 1 is 1.44 bits per heavy atom. The van der Waals surface area contributed by atoms with Crippen molar-refractivity contribution in [2.45, 2.75) is 6.92 Å². The van der Waals surface area contributed by atoms with Gasteiger partial charge >= 0.3 is 5.63 Å². The Kier molecular flexibility index (Phi) is 2.78. The summed E-state index contributed by atoms with van der Waals surface area (Å²) in [5.74, 6) is 0.156. The molecule has 0 atom stereocenters. The molecule has 0 fully saturated rings. The molecule has 0 unspecified atom stereocenters. The van der Waals surface area contributed by atoms with Crippen LogP contribution in [0.4, 0.5) is 0 Å². The van der Waals surface area contributed by atoms with E-state index in [2.05, 4.69) is 16.3 Å². The van der Waals surface area contributed by atoms with Gasteiger partial charge in [0.25, 0.3) is 0 Å². The molecule has 0 spiro atoms. The first-order chi connectivity index (χ1) is 7.63. The van der Waals surface area contributed by atoms with Gasteiger partial charge in [-0.05, 0) is 25.1 Å². The van der Waals surface area contributed by atoms with Crippen molar-refractivity contribution in [2.24, 2.45) is 0 Å². The molecule has 2 aromatic rings. The Labute approximate surface area is 99.3 Å². The molecule has 1 aromatic heterocycles. The Morgan fingerprint density at radius 2 is 2.19 bits per heavy atom. The first-order valence-corrected chi connectivity index (χ1v) is 5.14. The summed E-state index contributed by atoms with van der Waals surface area (Å²) in [6, 6.07) is 6.49. The largest absolute Gasteiger partial charge is 0.422 e. The maximum atomic E-state index is 11.4. The van der Waals surface area contributed by atoms with Gasteiger partial charge in [-0.15, -0.1) is 0 Å². The molecule has 0 N–H and O–H groups in total.